The third kappa shape index (κ3) is 2.21. The minimum absolute atomic E-state index is 0.170. The van der Waals surface area contributed by atoms with Crippen LogP contribution in [0.3, 0.4) is 0 Å². The number of aromatic nitrogens is 1. The van der Waals surface area contributed by atoms with Gasteiger partial charge in [-0.25, -0.2) is 4.79 Å². The van der Waals surface area contributed by atoms with E-state index in [9.17, 15) is 9.59 Å². The lowest BCUT2D eigenvalue weighted by molar-refractivity contribution is -0.118. The predicted molar refractivity (Wildman–Crippen MR) is 95.0 cm³/mol. The minimum atomic E-state index is -0.271. The Kier molecular flexibility index (Phi) is 3.06. The number of urea groups is 1. The zero-order chi connectivity index (χ0) is 17.1. The molecule has 6 heteroatoms. The molecule has 3 aliphatic rings. The van der Waals surface area contributed by atoms with Crippen LogP contribution >= 0.6 is 0 Å². The molecular weight excluding hydrogens is 316 g/mol. The molecule has 1 aliphatic carbocycles. The van der Waals surface area contributed by atoms with Crippen molar-refractivity contribution in [3.63, 3.8) is 0 Å². The van der Waals surface area contributed by atoms with Gasteiger partial charge in [0.15, 0.2) is 0 Å². The first-order chi connectivity index (χ1) is 12.1. The quantitative estimate of drug-likeness (QED) is 0.819. The van der Waals surface area contributed by atoms with Gasteiger partial charge in [-0.1, -0.05) is 18.2 Å². The number of benzene rings is 1. The second-order valence-electron chi connectivity index (χ2n) is 7.32. The van der Waals surface area contributed by atoms with Crippen molar-refractivity contribution in [3.8, 4) is 0 Å². The summed E-state index contributed by atoms with van der Waals surface area (Å²) >= 11 is 0. The molecule has 1 fully saturated rings. The van der Waals surface area contributed by atoms with Crippen LogP contribution in [-0.2, 0) is 11.2 Å². The number of hydrogen-bond donors (Lipinski definition) is 2. The van der Waals surface area contributed by atoms with Crippen LogP contribution in [0, 0.1) is 5.92 Å². The monoisotopic (exact) mass is 336 g/mol. The van der Waals surface area contributed by atoms with E-state index in [4.69, 9.17) is 0 Å². The lowest BCUT2D eigenvalue weighted by atomic mass is 9.80. The normalized spacial score (nSPS) is 26.0. The molecule has 3 amide bonds. The molecule has 0 unspecified atom stereocenters. The van der Waals surface area contributed by atoms with Crippen molar-refractivity contribution in [1.82, 2.24) is 20.1 Å². The molecule has 2 aliphatic heterocycles. The maximum Gasteiger partial charge on any atom is 0.324 e. The number of carbonyl (C=O) groups excluding carboxylic acids is 2. The number of carbonyl (C=O) groups is 2. The number of rotatable bonds is 2. The van der Waals surface area contributed by atoms with E-state index in [-0.39, 0.29) is 24.4 Å². The first-order valence-electron chi connectivity index (χ1n) is 8.70. The van der Waals surface area contributed by atoms with Crippen LogP contribution in [0.15, 0.2) is 30.5 Å². The molecule has 2 atom stereocenters. The average Bonchev–Trinajstić information content (AvgIpc) is 3.13. The Labute approximate surface area is 145 Å². The number of hydrogen-bond acceptors (Lipinski definition) is 3. The Morgan fingerprint density at radius 2 is 2.16 bits per heavy atom. The molecule has 6 nitrogen and oxygen atoms in total. The zero-order valence-electron chi connectivity index (χ0n) is 14.1. The van der Waals surface area contributed by atoms with Crippen LogP contribution < -0.4 is 5.32 Å². The predicted octanol–water partition coefficient (Wildman–Crippen LogP) is 1.59. The fourth-order valence-corrected chi connectivity index (χ4v) is 4.58. The SMILES string of the molecule is CN1C[C@H](CN2CC(=O)NC2=O)C=C2c3cccc4[nH]cc(c34)C[C@H]21. The number of fused-ring (bicyclic) bond motifs is 2. The Morgan fingerprint density at radius 3 is 2.96 bits per heavy atom. The maximum absolute atomic E-state index is 11.9. The largest absolute Gasteiger partial charge is 0.361 e. The molecule has 25 heavy (non-hydrogen) atoms. The molecule has 128 valence electrons. The van der Waals surface area contributed by atoms with Gasteiger partial charge in [-0.15, -0.1) is 0 Å². The van der Waals surface area contributed by atoms with E-state index in [1.54, 1.807) is 4.90 Å². The van der Waals surface area contributed by atoms with Gasteiger partial charge in [-0.05, 0) is 36.2 Å². The lowest BCUT2D eigenvalue weighted by Crippen LogP contribution is -2.45. The van der Waals surface area contributed by atoms with E-state index >= 15 is 0 Å². The number of amides is 3. The summed E-state index contributed by atoms with van der Waals surface area (Å²) in [5, 5.41) is 3.69. The molecule has 2 aromatic rings. The van der Waals surface area contributed by atoms with Gasteiger partial charge in [-0.2, -0.15) is 0 Å². The molecular formula is C19H20N4O2. The van der Waals surface area contributed by atoms with Gasteiger partial charge in [0.2, 0.25) is 5.91 Å². The Hall–Kier alpha value is -2.60. The highest BCUT2D eigenvalue weighted by atomic mass is 16.2. The highest BCUT2D eigenvalue weighted by Gasteiger charge is 2.35. The number of aromatic amines is 1. The van der Waals surface area contributed by atoms with E-state index in [1.165, 1.54) is 27.6 Å². The van der Waals surface area contributed by atoms with Gasteiger partial charge in [0, 0.05) is 42.1 Å². The van der Waals surface area contributed by atoms with Crippen molar-refractivity contribution in [1.29, 1.82) is 0 Å². The van der Waals surface area contributed by atoms with Gasteiger partial charge < -0.3 is 9.88 Å². The van der Waals surface area contributed by atoms with Crippen LogP contribution in [-0.4, -0.2) is 59.4 Å². The number of imide groups is 1. The van der Waals surface area contributed by atoms with Crippen molar-refractivity contribution in [2.24, 2.45) is 5.92 Å². The first-order valence-corrected chi connectivity index (χ1v) is 8.70. The molecule has 1 aromatic heterocycles. The molecule has 1 saturated heterocycles. The summed E-state index contributed by atoms with van der Waals surface area (Å²) in [6.45, 7) is 1.64. The third-order valence-corrected chi connectivity index (χ3v) is 5.66. The van der Waals surface area contributed by atoms with Crippen LogP contribution in [0.4, 0.5) is 4.79 Å². The molecule has 0 radical (unpaired) electrons. The average molecular weight is 336 g/mol. The number of H-pyrrole nitrogens is 1. The molecule has 0 saturated carbocycles. The summed E-state index contributed by atoms with van der Waals surface area (Å²) in [6, 6.07) is 6.51. The molecule has 2 N–H and O–H groups in total. The number of nitrogens with one attached hydrogen (secondary N) is 2. The number of likely N-dealkylation sites (N-methyl/N-ethyl adjacent to an activating group) is 1. The maximum atomic E-state index is 11.9. The van der Waals surface area contributed by atoms with E-state index in [2.05, 4.69) is 52.7 Å². The molecule has 5 rings (SSSR count). The van der Waals surface area contributed by atoms with Gasteiger partial charge in [0.05, 0.1) is 0 Å². The zero-order valence-corrected chi connectivity index (χ0v) is 14.1. The Morgan fingerprint density at radius 1 is 1.28 bits per heavy atom. The van der Waals surface area contributed by atoms with E-state index < -0.39 is 0 Å². The van der Waals surface area contributed by atoms with Crippen molar-refractivity contribution >= 4 is 28.4 Å². The van der Waals surface area contributed by atoms with Crippen molar-refractivity contribution < 1.29 is 9.59 Å². The lowest BCUT2D eigenvalue weighted by Gasteiger charge is -2.40. The van der Waals surface area contributed by atoms with E-state index in [0.717, 1.165) is 13.0 Å². The Balaban J connectivity index is 1.53. The summed E-state index contributed by atoms with van der Waals surface area (Å²) in [7, 11) is 2.15. The van der Waals surface area contributed by atoms with E-state index in [1.807, 2.05) is 0 Å². The van der Waals surface area contributed by atoms with Crippen LogP contribution in [0.1, 0.15) is 11.1 Å². The summed E-state index contributed by atoms with van der Waals surface area (Å²) < 4.78 is 0. The van der Waals surface area contributed by atoms with Gasteiger partial charge in [0.1, 0.15) is 6.54 Å². The summed E-state index contributed by atoms with van der Waals surface area (Å²) in [5.74, 6) is 0.0164. The van der Waals surface area contributed by atoms with Crippen molar-refractivity contribution in [2.45, 2.75) is 12.5 Å². The second kappa shape index (κ2) is 5.20. The fraction of sp³-hybridized carbons (Fsp3) is 0.368. The standard InChI is InChI=1S/C19H20N4O2/c1-22-8-11(9-23-10-17(24)21-19(23)25)5-14-13-3-2-4-15-18(13)12(7-20-15)6-16(14)22/h2-5,7,11,16,20H,6,8-10H2,1H3,(H,21,24,25)/t11-,16-/m1/s1. The highest BCUT2D eigenvalue weighted by molar-refractivity contribution is 6.02. The minimum Gasteiger partial charge on any atom is -0.361 e. The summed E-state index contributed by atoms with van der Waals surface area (Å²) in [4.78, 5) is 30.7. The van der Waals surface area contributed by atoms with Crippen LogP contribution in [0.25, 0.3) is 16.5 Å². The van der Waals surface area contributed by atoms with Crippen molar-refractivity contribution in [3.05, 3.63) is 41.6 Å². The smallest absolute Gasteiger partial charge is 0.324 e. The molecule has 1 aromatic carbocycles. The van der Waals surface area contributed by atoms with Crippen molar-refractivity contribution in [2.75, 3.05) is 26.7 Å². The van der Waals surface area contributed by atoms with Gasteiger partial charge in [0.25, 0.3) is 0 Å². The molecule has 3 heterocycles. The number of nitrogens with zero attached hydrogens (tertiary/aromatic N) is 2. The summed E-state index contributed by atoms with van der Waals surface area (Å²) in [5.41, 5.74) is 5.20. The van der Waals surface area contributed by atoms with Gasteiger partial charge in [-0.3, -0.25) is 15.0 Å². The first kappa shape index (κ1) is 14.7. The van der Waals surface area contributed by atoms with Crippen LogP contribution in [0.5, 0.6) is 0 Å². The Bertz CT molecular complexity index is 929. The second-order valence-corrected chi connectivity index (χ2v) is 7.32. The summed E-state index contributed by atoms with van der Waals surface area (Å²) in [6.07, 6.45) is 5.46. The topological polar surface area (TPSA) is 68.4 Å². The fourth-order valence-electron chi connectivity index (χ4n) is 4.58. The van der Waals surface area contributed by atoms with Gasteiger partial charge >= 0.3 is 6.03 Å². The van der Waals surface area contributed by atoms with Crippen LogP contribution in [0.2, 0.25) is 0 Å². The highest BCUT2D eigenvalue weighted by Crippen LogP contribution is 2.40. The van der Waals surface area contributed by atoms with E-state index in [0.29, 0.717) is 12.6 Å². The molecule has 0 spiro atoms. The third-order valence-electron chi connectivity index (χ3n) is 5.66. The molecule has 0 bridgehead atoms.